The van der Waals surface area contributed by atoms with Crippen LogP contribution in [0.15, 0.2) is 29.2 Å². The molecule has 1 aromatic rings. The van der Waals surface area contributed by atoms with E-state index in [1.54, 1.807) is 45.2 Å². The predicted octanol–water partition coefficient (Wildman–Crippen LogP) is 6.63. The zero-order chi connectivity index (χ0) is 42.4. The number of unbranched alkanes of at least 4 members (excludes halogenated alkanes) is 1. The Labute approximate surface area is 338 Å². The second-order valence-electron chi connectivity index (χ2n) is 15.3. The first kappa shape index (κ1) is 52.1. The van der Waals surface area contributed by atoms with Crippen LogP contribution in [0.1, 0.15) is 114 Å². The number of hydrogen-bond acceptors (Lipinski definition) is 9. The van der Waals surface area contributed by atoms with Gasteiger partial charge < -0.3 is 30.3 Å². The van der Waals surface area contributed by atoms with Gasteiger partial charge in [-0.2, -0.15) is 0 Å². The summed E-state index contributed by atoms with van der Waals surface area (Å²) < 4.78 is 14.7. The number of hydrogen-bond donors (Lipinski definition) is 3. The summed E-state index contributed by atoms with van der Waals surface area (Å²) in [5.41, 5.74) is 6.41. The lowest BCUT2D eigenvalue weighted by Gasteiger charge is -2.40. The van der Waals surface area contributed by atoms with Crippen molar-refractivity contribution in [2.75, 3.05) is 47.6 Å². The summed E-state index contributed by atoms with van der Waals surface area (Å²) in [6.07, 6.45) is 5.09. The summed E-state index contributed by atoms with van der Waals surface area (Å²) in [6.45, 7) is 20.7. The fourth-order valence-corrected chi connectivity index (χ4v) is 7.52. The number of nitrogen functional groups attached to an aromatic ring is 1. The van der Waals surface area contributed by atoms with Crippen LogP contribution in [-0.2, 0) is 28.7 Å². The highest BCUT2D eigenvalue weighted by Crippen LogP contribution is 2.30. The van der Waals surface area contributed by atoms with E-state index in [0.29, 0.717) is 18.7 Å². The van der Waals surface area contributed by atoms with Gasteiger partial charge in [0.15, 0.2) is 0 Å². The maximum Gasteiger partial charge on any atom is 0.244 e. The van der Waals surface area contributed by atoms with E-state index in [1.165, 1.54) is 31.2 Å². The molecule has 2 rings (SSSR count). The van der Waals surface area contributed by atoms with E-state index >= 15 is 0 Å². The van der Waals surface area contributed by atoms with Gasteiger partial charge in [0.25, 0.3) is 0 Å². The molecule has 12 nitrogen and oxygen atoms in total. The molecule has 1 saturated heterocycles. The van der Waals surface area contributed by atoms with Crippen molar-refractivity contribution in [3.63, 3.8) is 0 Å². The highest BCUT2D eigenvalue weighted by atomic mass is 32.2. The fraction of sp³-hybridized carbons (Fsp3) is 0.762. The van der Waals surface area contributed by atoms with Gasteiger partial charge in [-0.3, -0.25) is 28.8 Å². The van der Waals surface area contributed by atoms with Gasteiger partial charge in [-0.1, -0.05) is 88.0 Å². The third kappa shape index (κ3) is 17.0. The van der Waals surface area contributed by atoms with Crippen LogP contribution >= 0.6 is 11.9 Å². The zero-order valence-corrected chi connectivity index (χ0v) is 37.8. The van der Waals surface area contributed by atoms with Gasteiger partial charge in [0.2, 0.25) is 23.6 Å². The number of nitrogens with two attached hydrogens (primary N) is 1. The Morgan fingerprint density at radius 2 is 1.47 bits per heavy atom. The molecule has 1 aromatic carbocycles. The van der Waals surface area contributed by atoms with Crippen molar-refractivity contribution in [3.05, 3.63) is 24.3 Å². The number of nitrogens with one attached hydrogen (secondary N) is 2. The molecule has 0 aromatic heterocycles. The monoisotopic (exact) mass is 795 g/mol. The van der Waals surface area contributed by atoms with Crippen molar-refractivity contribution >= 4 is 41.3 Å². The van der Waals surface area contributed by atoms with Crippen LogP contribution in [0.25, 0.3) is 0 Å². The largest absolute Gasteiger partial charge is 0.399 e. The second kappa shape index (κ2) is 27.7. The Morgan fingerprint density at radius 3 is 1.93 bits per heavy atom. The lowest BCUT2D eigenvalue weighted by Crippen LogP contribution is -2.57. The third-order valence-electron chi connectivity index (χ3n) is 10.1. The Morgan fingerprint density at radius 1 is 0.909 bits per heavy atom. The number of methoxy groups -OCH3 is 2. The number of likely N-dealkylation sites (tertiary alicyclic amines) is 1. The predicted molar refractivity (Wildman–Crippen MR) is 227 cm³/mol. The zero-order valence-electron chi connectivity index (χ0n) is 36.9. The number of ether oxygens (including phenoxy) is 2. The van der Waals surface area contributed by atoms with Crippen LogP contribution in [0.2, 0.25) is 0 Å². The normalized spacial score (nSPS) is 17.7. The molecule has 4 amide bonds. The maximum atomic E-state index is 14.0. The molecule has 0 saturated carbocycles. The first-order valence-corrected chi connectivity index (χ1v) is 21.1. The first-order valence-electron chi connectivity index (χ1n) is 20.3. The van der Waals surface area contributed by atoms with Crippen molar-refractivity contribution in [2.24, 2.45) is 17.8 Å². The minimum atomic E-state index is -0.764. The van der Waals surface area contributed by atoms with E-state index < -0.39 is 30.2 Å². The number of nitrogens with zero attached hydrogens (tertiary/aromatic N) is 3. The smallest absolute Gasteiger partial charge is 0.244 e. The van der Waals surface area contributed by atoms with Crippen LogP contribution in [0.5, 0.6) is 0 Å². The van der Waals surface area contributed by atoms with Crippen LogP contribution in [-0.4, -0.2) is 117 Å². The van der Waals surface area contributed by atoms with Gasteiger partial charge in [0, 0.05) is 38.4 Å². The Bertz CT molecular complexity index is 1240. The number of rotatable bonds is 19. The Hall–Kier alpha value is -2.87. The minimum absolute atomic E-state index is 0.00756. The molecule has 13 heteroatoms. The van der Waals surface area contributed by atoms with Crippen molar-refractivity contribution in [1.29, 1.82) is 0 Å². The second-order valence-corrected chi connectivity index (χ2v) is 16.2. The summed E-state index contributed by atoms with van der Waals surface area (Å²) in [4.78, 5) is 60.1. The number of benzene rings is 1. The quantitative estimate of drug-likeness (QED) is 0.104. The average molecular weight is 795 g/mol. The van der Waals surface area contributed by atoms with E-state index in [-0.39, 0.29) is 54.0 Å². The molecule has 0 aliphatic carbocycles. The molecule has 0 radical (unpaired) electrons. The Kier molecular flexibility index (Phi) is 26.2. The van der Waals surface area contributed by atoms with Crippen molar-refractivity contribution in [1.82, 2.24) is 24.7 Å². The molecule has 1 aliphatic heterocycles. The summed E-state index contributed by atoms with van der Waals surface area (Å²) in [5, 5.41) is 2.90. The van der Waals surface area contributed by atoms with Gasteiger partial charge in [-0.05, 0) is 81.9 Å². The molecular formula is C42H78N6O6S. The number of amides is 4. The van der Waals surface area contributed by atoms with E-state index in [0.717, 1.165) is 17.7 Å². The summed E-state index contributed by atoms with van der Waals surface area (Å²) in [7, 11) is 8.54. The molecule has 1 aliphatic rings. The summed E-state index contributed by atoms with van der Waals surface area (Å²) in [6, 6.07) is 5.38. The molecular weight excluding hydrogens is 717 g/mol. The standard InChI is InChI=1S/C35H60N6O6S.C4H10.C3H8/c1-12-22(4)31(40(9)35(45)24(6)37-34(44)30(21(2)3)39(7)8)28(46-10)20-29(42)41-19-13-14-27(41)32(47-11)23(5)33(43)38-48-26-17-15-25(36)16-18-26;1-3-4-2;1-3-2/h15-18,21-24,27-28,30-32H,12-14,19-20,36H2,1-11H3,(H,37,44)(H,38,43);3-4H2,1-2H3;3H2,1-2H3. The highest BCUT2D eigenvalue weighted by molar-refractivity contribution is 7.98. The van der Waals surface area contributed by atoms with Gasteiger partial charge in [-0.15, -0.1) is 0 Å². The highest BCUT2D eigenvalue weighted by Gasteiger charge is 2.42. The molecule has 8 atom stereocenters. The van der Waals surface area contributed by atoms with Crippen LogP contribution in [0.4, 0.5) is 5.69 Å². The molecule has 0 spiro atoms. The number of carbonyl (C=O) groups is 4. The topological polar surface area (TPSA) is 147 Å². The number of carbonyl (C=O) groups excluding carboxylic acids is 4. The first-order chi connectivity index (χ1) is 25.9. The van der Waals surface area contributed by atoms with Crippen LogP contribution in [0.3, 0.4) is 0 Å². The number of anilines is 1. The van der Waals surface area contributed by atoms with E-state index in [2.05, 4.69) is 37.7 Å². The fourth-order valence-electron chi connectivity index (χ4n) is 6.84. The molecule has 318 valence electrons. The SMILES string of the molecule is CCC.CCC(C)C(C(CC(=O)N1CCCC1C(OC)C(C)C(=O)NSc1ccc(N)cc1)OC)N(C)C(=O)C(C)NC(=O)C(C(C)C)N(C)C.CCCC. The van der Waals surface area contributed by atoms with Gasteiger partial charge in [-0.25, -0.2) is 0 Å². The lowest BCUT2D eigenvalue weighted by atomic mass is 9.90. The number of likely N-dealkylation sites (N-methyl/N-ethyl adjacent to an activating group) is 2. The van der Waals surface area contributed by atoms with Gasteiger partial charge >= 0.3 is 0 Å². The van der Waals surface area contributed by atoms with Crippen LogP contribution in [0, 0.1) is 17.8 Å². The summed E-state index contributed by atoms with van der Waals surface area (Å²) in [5.74, 6) is -1.22. The molecule has 55 heavy (non-hydrogen) atoms. The summed E-state index contributed by atoms with van der Waals surface area (Å²) >= 11 is 1.21. The van der Waals surface area contributed by atoms with E-state index in [4.69, 9.17) is 15.2 Å². The third-order valence-corrected chi connectivity index (χ3v) is 10.9. The molecule has 0 bridgehead atoms. The van der Waals surface area contributed by atoms with Crippen molar-refractivity contribution in [2.45, 2.75) is 155 Å². The Balaban J connectivity index is 0.00000383. The van der Waals surface area contributed by atoms with Crippen molar-refractivity contribution < 1.29 is 28.7 Å². The minimum Gasteiger partial charge on any atom is -0.399 e. The molecule has 1 heterocycles. The lowest BCUT2D eigenvalue weighted by molar-refractivity contribution is -0.147. The molecule has 1 fully saturated rings. The van der Waals surface area contributed by atoms with E-state index in [1.807, 2.05) is 70.6 Å². The van der Waals surface area contributed by atoms with E-state index in [9.17, 15) is 19.2 Å². The van der Waals surface area contributed by atoms with Gasteiger partial charge in [0.1, 0.15) is 6.04 Å². The maximum absolute atomic E-state index is 14.0. The average Bonchev–Trinajstić information content (AvgIpc) is 3.63. The van der Waals surface area contributed by atoms with Crippen molar-refractivity contribution in [3.8, 4) is 0 Å². The van der Waals surface area contributed by atoms with Gasteiger partial charge in [0.05, 0.1) is 42.7 Å². The molecule has 4 N–H and O–H groups in total. The molecule has 8 unspecified atom stereocenters. The van der Waals surface area contributed by atoms with Crippen LogP contribution < -0.4 is 15.8 Å².